The Morgan fingerprint density at radius 2 is 1.90 bits per heavy atom. The second kappa shape index (κ2) is 6.23. The lowest BCUT2D eigenvalue weighted by molar-refractivity contribution is 0.0696. The Kier molecular flexibility index (Phi) is 4.59. The number of sulfonamides is 1. The first-order valence-corrected chi connectivity index (χ1v) is 8.39. The molecule has 0 aliphatic heterocycles. The quantitative estimate of drug-likeness (QED) is 0.788. The van der Waals surface area contributed by atoms with Gasteiger partial charge in [-0.05, 0) is 23.8 Å². The van der Waals surface area contributed by atoms with Crippen LogP contribution in [0.25, 0.3) is 0 Å². The van der Waals surface area contributed by atoms with E-state index in [0.717, 1.165) is 11.8 Å². The smallest absolute Gasteiger partial charge is 0.337 e. The Morgan fingerprint density at radius 3 is 2.48 bits per heavy atom. The molecule has 0 aliphatic rings. The van der Waals surface area contributed by atoms with Crippen LogP contribution in [-0.4, -0.2) is 24.5 Å². The number of alkyl halides is 1. The Bertz CT molecular complexity index is 760. The van der Waals surface area contributed by atoms with Gasteiger partial charge in [-0.15, -0.1) is 0 Å². The third-order valence-electron chi connectivity index (χ3n) is 2.63. The molecular weight excluding hydrogens is 360 g/mol. The lowest BCUT2D eigenvalue weighted by atomic mass is 10.2. The number of nitrogens with zero attached hydrogens (tertiary/aromatic N) is 1. The van der Waals surface area contributed by atoms with Crippen LogP contribution < -0.4 is 4.72 Å². The third-order valence-corrected chi connectivity index (χ3v) is 4.67. The van der Waals surface area contributed by atoms with Crippen LogP contribution in [0.4, 0.5) is 5.69 Å². The number of hydrogen-bond acceptors (Lipinski definition) is 4. The van der Waals surface area contributed by atoms with Crippen molar-refractivity contribution in [1.82, 2.24) is 4.98 Å². The summed E-state index contributed by atoms with van der Waals surface area (Å²) >= 11 is 3.28. The lowest BCUT2D eigenvalue weighted by Gasteiger charge is -2.08. The summed E-state index contributed by atoms with van der Waals surface area (Å²) in [5, 5.41) is 9.49. The summed E-state index contributed by atoms with van der Waals surface area (Å²) < 4.78 is 26.7. The van der Waals surface area contributed by atoms with Crippen molar-refractivity contribution in [2.24, 2.45) is 0 Å². The highest BCUT2D eigenvalue weighted by Crippen LogP contribution is 2.17. The number of aromatic carboxylic acids is 1. The molecule has 2 N–H and O–H groups in total. The topological polar surface area (TPSA) is 96.4 Å². The van der Waals surface area contributed by atoms with Gasteiger partial charge in [0.2, 0.25) is 0 Å². The molecule has 0 saturated heterocycles. The SMILES string of the molecule is O=C(O)c1cncc(NS(=O)(=O)c2ccc(CBr)cc2)c1. The molecule has 0 unspecified atom stereocenters. The lowest BCUT2D eigenvalue weighted by Crippen LogP contribution is -2.13. The first kappa shape index (κ1) is 15.5. The van der Waals surface area contributed by atoms with E-state index >= 15 is 0 Å². The molecule has 0 aliphatic carbocycles. The molecule has 110 valence electrons. The molecule has 6 nitrogen and oxygen atoms in total. The monoisotopic (exact) mass is 370 g/mol. The van der Waals surface area contributed by atoms with Gasteiger partial charge in [0.1, 0.15) is 0 Å². The zero-order valence-electron chi connectivity index (χ0n) is 10.7. The number of anilines is 1. The van der Waals surface area contributed by atoms with Crippen molar-refractivity contribution in [3.8, 4) is 0 Å². The van der Waals surface area contributed by atoms with Crippen molar-refractivity contribution in [1.29, 1.82) is 0 Å². The number of aromatic nitrogens is 1. The Balaban J connectivity index is 2.28. The van der Waals surface area contributed by atoms with E-state index in [2.05, 4.69) is 25.6 Å². The summed E-state index contributed by atoms with van der Waals surface area (Å²) in [6.07, 6.45) is 2.39. The van der Waals surface area contributed by atoms with E-state index < -0.39 is 16.0 Å². The molecule has 2 rings (SSSR count). The Labute approximate surface area is 130 Å². The molecule has 2 aromatic rings. The zero-order chi connectivity index (χ0) is 15.5. The first-order chi connectivity index (χ1) is 9.92. The van der Waals surface area contributed by atoms with Gasteiger partial charge in [-0.1, -0.05) is 28.1 Å². The largest absolute Gasteiger partial charge is 0.478 e. The average Bonchev–Trinajstić information content (AvgIpc) is 2.47. The fourth-order valence-corrected chi connectivity index (χ4v) is 2.99. The molecule has 0 saturated carbocycles. The van der Waals surface area contributed by atoms with Crippen LogP contribution >= 0.6 is 15.9 Å². The average molecular weight is 371 g/mol. The maximum absolute atomic E-state index is 12.2. The predicted molar refractivity (Wildman–Crippen MR) is 81.1 cm³/mol. The second-order valence-corrected chi connectivity index (χ2v) is 6.39. The van der Waals surface area contributed by atoms with Crippen LogP contribution in [0.15, 0.2) is 47.6 Å². The van der Waals surface area contributed by atoms with Crippen molar-refractivity contribution in [2.75, 3.05) is 4.72 Å². The minimum absolute atomic E-state index is 0.0907. The summed E-state index contributed by atoms with van der Waals surface area (Å²) in [7, 11) is -3.78. The summed E-state index contributed by atoms with van der Waals surface area (Å²) in [6, 6.07) is 7.55. The van der Waals surface area contributed by atoms with E-state index in [1.165, 1.54) is 24.4 Å². The Morgan fingerprint density at radius 1 is 1.24 bits per heavy atom. The van der Waals surface area contributed by atoms with Crippen molar-refractivity contribution in [3.63, 3.8) is 0 Å². The van der Waals surface area contributed by atoms with E-state index in [-0.39, 0.29) is 16.1 Å². The van der Waals surface area contributed by atoms with Crippen LogP contribution in [-0.2, 0) is 15.4 Å². The van der Waals surface area contributed by atoms with Crippen molar-refractivity contribution < 1.29 is 18.3 Å². The van der Waals surface area contributed by atoms with Gasteiger partial charge < -0.3 is 5.11 Å². The normalized spacial score (nSPS) is 11.1. The van der Waals surface area contributed by atoms with Crippen LogP contribution in [0.3, 0.4) is 0 Å². The van der Waals surface area contributed by atoms with Gasteiger partial charge in [0.05, 0.1) is 22.3 Å². The standard InChI is InChI=1S/C13H11BrN2O4S/c14-6-9-1-3-12(4-2-9)21(19,20)16-11-5-10(13(17)18)7-15-8-11/h1-5,7-8,16H,6H2,(H,17,18). The summed E-state index contributed by atoms with van der Waals surface area (Å²) in [5.41, 5.74) is 0.952. The van der Waals surface area contributed by atoms with Gasteiger partial charge in [0.15, 0.2) is 0 Å². The fourth-order valence-electron chi connectivity index (χ4n) is 1.58. The summed E-state index contributed by atoms with van der Waals surface area (Å²) in [4.78, 5) is 14.6. The maximum Gasteiger partial charge on any atom is 0.337 e. The highest BCUT2D eigenvalue weighted by Gasteiger charge is 2.15. The van der Waals surface area contributed by atoms with Crippen LogP contribution in [0.2, 0.25) is 0 Å². The van der Waals surface area contributed by atoms with E-state index in [1.54, 1.807) is 12.1 Å². The van der Waals surface area contributed by atoms with Gasteiger partial charge >= 0.3 is 5.97 Å². The number of pyridine rings is 1. The molecule has 0 bridgehead atoms. The van der Waals surface area contributed by atoms with Crippen LogP contribution in [0, 0.1) is 0 Å². The minimum atomic E-state index is -3.78. The molecule has 0 amide bonds. The number of hydrogen-bond donors (Lipinski definition) is 2. The molecule has 0 fully saturated rings. The van der Waals surface area contributed by atoms with E-state index in [9.17, 15) is 13.2 Å². The molecule has 0 spiro atoms. The molecular formula is C13H11BrN2O4S. The summed E-state index contributed by atoms with van der Waals surface area (Å²) in [6.45, 7) is 0. The number of carboxylic acids is 1. The van der Waals surface area contributed by atoms with Gasteiger partial charge in [-0.2, -0.15) is 0 Å². The number of benzene rings is 1. The number of halogens is 1. The molecule has 1 aromatic heterocycles. The predicted octanol–water partition coefficient (Wildman–Crippen LogP) is 2.48. The van der Waals surface area contributed by atoms with Crippen molar-refractivity contribution >= 4 is 37.6 Å². The second-order valence-electron chi connectivity index (χ2n) is 4.15. The molecule has 21 heavy (non-hydrogen) atoms. The molecule has 0 atom stereocenters. The molecule has 0 radical (unpaired) electrons. The van der Waals surface area contributed by atoms with Gasteiger partial charge in [0.25, 0.3) is 10.0 Å². The number of carboxylic acid groups (broad SMARTS) is 1. The van der Waals surface area contributed by atoms with E-state index in [1.807, 2.05) is 0 Å². The highest BCUT2D eigenvalue weighted by atomic mass is 79.9. The maximum atomic E-state index is 12.2. The van der Waals surface area contributed by atoms with E-state index in [4.69, 9.17) is 5.11 Å². The van der Waals surface area contributed by atoms with Gasteiger partial charge in [0, 0.05) is 11.5 Å². The number of rotatable bonds is 5. The van der Waals surface area contributed by atoms with Crippen LogP contribution in [0.1, 0.15) is 15.9 Å². The molecule has 1 aromatic carbocycles. The Hall–Kier alpha value is -1.93. The highest BCUT2D eigenvalue weighted by molar-refractivity contribution is 9.08. The zero-order valence-corrected chi connectivity index (χ0v) is 13.1. The summed E-state index contributed by atoms with van der Waals surface area (Å²) in [5.74, 6) is -1.18. The molecule has 1 heterocycles. The van der Waals surface area contributed by atoms with Crippen molar-refractivity contribution in [3.05, 3.63) is 53.9 Å². The van der Waals surface area contributed by atoms with Gasteiger partial charge in [-0.25, -0.2) is 13.2 Å². The number of carbonyl (C=O) groups is 1. The van der Waals surface area contributed by atoms with Gasteiger partial charge in [-0.3, -0.25) is 9.71 Å². The number of nitrogens with one attached hydrogen (secondary N) is 1. The third kappa shape index (κ3) is 3.79. The van der Waals surface area contributed by atoms with E-state index in [0.29, 0.717) is 5.33 Å². The molecule has 8 heteroatoms. The minimum Gasteiger partial charge on any atom is -0.478 e. The first-order valence-electron chi connectivity index (χ1n) is 5.78. The van der Waals surface area contributed by atoms with Crippen LogP contribution in [0.5, 0.6) is 0 Å². The fraction of sp³-hybridized carbons (Fsp3) is 0.0769. The van der Waals surface area contributed by atoms with Crippen molar-refractivity contribution in [2.45, 2.75) is 10.2 Å².